The van der Waals surface area contributed by atoms with Crippen LogP contribution < -0.4 is 0 Å². The van der Waals surface area contributed by atoms with E-state index in [4.69, 9.17) is 16.2 Å². The molecule has 0 aliphatic rings. The van der Waals surface area contributed by atoms with Crippen molar-refractivity contribution in [1.29, 1.82) is 0 Å². The minimum atomic E-state index is -4.19. The zero-order valence-electron chi connectivity index (χ0n) is 5.66. The van der Waals surface area contributed by atoms with Crippen LogP contribution in [0.1, 0.15) is 0 Å². The van der Waals surface area contributed by atoms with E-state index in [1.165, 1.54) is 12.1 Å². The molecule has 0 heterocycles. The van der Waals surface area contributed by atoms with E-state index in [0.29, 0.717) is 3.57 Å². The fourth-order valence-electron chi connectivity index (χ4n) is 0.683. The molecule has 6 heteroatoms. The van der Waals surface area contributed by atoms with Crippen LogP contribution in [0.15, 0.2) is 23.1 Å². The Balaban J connectivity index is 3.47. The summed E-state index contributed by atoms with van der Waals surface area (Å²) in [5.41, 5.74) is 0. The van der Waals surface area contributed by atoms with E-state index < -0.39 is 10.1 Å². The van der Waals surface area contributed by atoms with E-state index in [1.807, 2.05) is 22.6 Å². The molecule has 1 N–H and O–H groups in total. The average molecular weight is 319 g/mol. The Kier molecular flexibility index (Phi) is 2.97. The minimum Gasteiger partial charge on any atom is -0.282 e. The Hall–Kier alpha value is 0.150. The molecule has 0 bridgehead atoms. The van der Waals surface area contributed by atoms with Crippen molar-refractivity contribution in [3.8, 4) is 0 Å². The van der Waals surface area contributed by atoms with Gasteiger partial charge in [-0.1, -0.05) is 17.7 Å². The molecule has 0 spiro atoms. The van der Waals surface area contributed by atoms with Crippen molar-refractivity contribution < 1.29 is 13.0 Å². The fourth-order valence-corrected chi connectivity index (χ4v) is 2.37. The second kappa shape index (κ2) is 3.49. The predicted molar refractivity (Wildman–Crippen MR) is 54.0 cm³/mol. The van der Waals surface area contributed by atoms with Gasteiger partial charge in [-0.25, -0.2) is 0 Å². The van der Waals surface area contributed by atoms with Crippen LogP contribution in [-0.2, 0) is 10.1 Å². The molecule has 0 saturated carbocycles. The van der Waals surface area contributed by atoms with E-state index in [1.54, 1.807) is 6.07 Å². The van der Waals surface area contributed by atoms with Crippen LogP contribution in [-0.4, -0.2) is 13.0 Å². The molecule has 0 aromatic heterocycles. The summed E-state index contributed by atoms with van der Waals surface area (Å²) in [7, 11) is -4.19. The van der Waals surface area contributed by atoms with Gasteiger partial charge in [-0.3, -0.25) is 4.55 Å². The Bertz CT molecular complexity index is 401. The van der Waals surface area contributed by atoms with Gasteiger partial charge >= 0.3 is 0 Å². The Morgan fingerprint density at radius 1 is 1.42 bits per heavy atom. The Morgan fingerprint density at radius 2 is 2.00 bits per heavy atom. The smallest absolute Gasteiger partial charge is 0.282 e. The molecule has 3 nitrogen and oxygen atoms in total. The Labute approximate surface area is 88.6 Å². The summed E-state index contributed by atoms with van der Waals surface area (Å²) in [5.74, 6) is 0. The van der Waals surface area contributed by atoms with Crippen LogP contribution in [0.2, 0.25) is 5.02 Å². The molecular weight excluding hydrogens is 314 g/mol. The summed E-state index contributed by atoms with van der Waals surface area (Å²) in [5, 5.41) is 0.0561. The van der Waals surface area contributed by atoms with Gasteiger partial charge in [0.05, 0.1) is 5.02 Å². The zero-order chi connectivity index (χ0) is 9.35. The number of rotatable bonds is 1. The van der Waals surface area contributed by atoms with Crippen LogP contribution in [0, 0.1) is 3.57 Å². The van der Waals surface area contributed by atoms with Gasteiger partial charge in [0, 0.05) is 3.57 Å². The number of hydrogen-bond donors (Lipinski definition) is 1. The summed E-state index contributed by atoms with van der Waals surface area (Å²) < 4.78 is 30.6. The van der Waals surface area contributed by atoms with Gasteiger partial charge in [0.25, 0.3) is 10.1 Å². The van der Waals surface area contributed by atoms with E-state index in [9.17, 15) is 8.42 Å². The summed E-state index contributed by atoms with van der Waals surface area (Å²) >= 11 is 7.51. The van der Waals surface area contributed by atoms with E-state index in [2.05, 4.69) is 0 Å². The molecule has 0 aliphatic heterocycles. The normalized spacial score (nSPS) is 11.6. The lowest BCUT2D eigenvalue weighted by atomic mass is 10.4. The van der Waals surface area contributed by atoms with E-state index in [0.717, 1.165) is 0 Å². The zero-order valence-corrected chi connectivity index (χ0v) is 9.39. The molecule has 0 unspecified atom stereocenters. The lowest BCUT2D eigenvalue weighted by Gasteiger charge is -2.00. The highest BCUT2D eigenvalue weighted by atomic mass is 127. The van der Waals surface area contributed by atoms with Crippen molar-refractivity contribution in [1.82, 2.24) is 0 Å². The molecular formula is C6H4ClIO3S. The van der Waals surface area contributed by atoms with Crippen LogP contribution in [0.3, 0.4) is 0 Å². The molecule has 12 heavy (non-hydrogen) atoms. The Morgan fingerprint density at radius 3 is 2.42 bits per heavy atom. The van der Waals surface area contributed by atoms with E-state index >= 15 is 0 Å². The van der Waals surface area contributed by atoms with Crippen molar-refractivity contribution in [3.63, 3.8) is 0 Å². The first kappa shape index (κ1) is 10.2. The van der Waals surface area contributed by atoms with Crippen molar-refractivity contribution in [2.75, 3.05) is 0 Å². The van der Waals surface area contributed by atoms with Gasteiger partial charge in [0.15, 0.2) is 0 Å². The van der Waals surface area contributed by atoms with Crippen molar-refractivity contribution >= 4 is 44.3 Å². The maximum Gasteiger partial charge on any atom is 0.296 e. The maximum absolute atomic E-state index is 10.7. The molecule has 0 saturated heterocycles. The monoisotopic (exact) mass is 318 g/mol. The highest BCUT2D eigenvalue weighted by Gasteiger charge is 2.15. The molecule has 0 fully saturated rings. The first-order chi connectivity index (χ1) is 5.43. The first-order valence-electron chi connectivity index (χ1n) is 2.84. The van der Waals surface area contributed by atoms with E-state index in [-0.39, 0.29) is 9.92 Å². The second-order valence-electron chi connectivity index (χ2n) is 2.03. The average Bonchev–Trinajstić information content (AvgIpc) is 1.92. The number of halogens is 2. The third-order valence-electron chi connectivity index (χ3n) is 1.19. The SMILES string of the molecule is O=S(=O)(O)c1cccc(I)c1Cl. The molecule has 1 rings (SSSR count). The van der Waals surface area contributed by atoms with Crippen LogP contribution >= 0.6 is 34.2 Å². The number of benzene rings is 1. The van der Waals surface area contributed by atoms with Crippen molar-refractivity contribution in [2.45, 2.75) is 4.90 Å². The molecule has 0 aliphatic carbocycles. The molecule has 0 radical (unpaired) electrons. The van der Waals surface area contributed by atoms with Crippen molar-refractivity contribution in [2.24, 2.45) is 0 Å². The van der Waals surface area contributed by atoms with Crippen LogP contribution in [0.25, 0.3) is 0 Å². The van der Waals surface area contributed by atoms with Gasteiger partial charge < -0.3 is 0 Å². The quantitative estimate of drug-likeness (QED) is 0.638. The maximum atomic E-state index is 10.7. The van der Waals surface area contributed by atoms with Crippen LogP contribution in [0.5, 0.6) is 0 Å². The lowest BCUT2D eigenvalue weighted by Crippen LogP contribution is -1.99. The first-order valence-corrected chi connectivity index (χ1v) is 5.74. The molecule has 0 amide bonds. The highest BCUT2D eigenvalue weighted by molar-refractivity contribution is 14.1. The highest BCUT2D eigenvalue weighted by Crippen LogP contribution is 2.25. The van der Waals surface area contributed by atoms with Gasteiger partial charge in [-0.15, -0.1) is 0 Å². The van der Waals surface area contributed by atoms with Gasteiger partial charge in [-0.2, -0.15) is 8.42 Å². The van der Waals surface area contributed by atoms with Gasteiger partial charge in [0.2, 0.25) is 0 Å². The van der Waals surface area contributed by atoms with Gasteiger partial charge in [0.1, 0.15) is 4.90 Å². The third kappa shape index (κ3) is 2.09. The second-order valence-corrected chi connectivity index (χ2v) is 4.96. The summed E-state index contributed by atoms with van der Waals surface area (Å²) in [6, 6.07) is 4.41. The predicted octanol–water partition coefficient (Wildman–Crippen LogP) is 2.19. The molecule has 0 atom stereocenters. The summed E-state index contributed by atoms with van der Waals surface area (Å²) in [6.07, 6.45) is 0. The molecule has 1 aromatic rings. The minimum absolute atomic E-state index is 0.0561. The fraction of sp³-hybridized carbons (Fsp3) is 0. The largest absolute Gasteiger partial charge is 0.296 e. The number of hydrogen-bond acceptors (Lipinski definition) is 2. The summed E-state index contributed by atoms with van der Waals surface area (Å²) in [4.78, 5) is -0.254. The van der Waals surface area contributed by atoms with Crippen LogP contribution in [0.4, 0.5) is 0 Å². The third-order valence-corrected chi connectivity index (χ3v) is 3.83. The van der Waals surface area contributed by atoms with Gasteiger partial charge in [-0.05, 0) is 34.7 Å². The molecule has 66 valence electrons. The van der Waals surface area contributed by atoms with Crippen molar-refractivity contribution in [3.05, 3.63) is 26.8 Å². The molecule has 1 aromatic carbocycles. The summed E-state index contributed by atoms with van der Waals surface area (Å²) in [6.45, 7) is 0. The topological polar surface area (TPSA) is 54.4 Å². The lowest BCUT2D eigenvalue weighted by molar-refractivity contribution is 0.483. The standard InChI is InChI=1S/C6H4ClIO3S/c7-6-4(8)2-1-3-5(6)12(9,10)11/h1-3H,(H,9,10,11).